The lowest BCUT2D eigenvalue weighted by Gasteiger charge is -2.09. The van der Waals surface area contributed by atoms with Gasteiger partial charge in [-0.1, -0.05) is 26.0 Å². The molecule has 0 radical (unpaired) electrons. The van der Waals surface area contributed by atoms with Gasteiger partial charge < -0.3 is 5.11 Å². The predicted octanol–water partition coefficient (Wildman–Crippen LogP) is 5.94. The fourth-order valence-corrected chi connectivity index (χ4v) is 2.06. The molecule has 110 valence electrons. The smallest absolute Gasteiger partial charge is 0.143 e. The maximum atomic E-state index is 9.91. The zero-order chi connectivity index (χ0) is 15.4. The number of azo groups is 1. The quantitative estimate of drug-likeness (QED) is 0.693. The molecule has 1 atom stereocenters. The van der Waals surface area contributed by atoms with Crippen molar-refractivity contribution in [2.75, 3.05) is 0 Å². The van der Waals surface area contributed by atoms with Crippen LogP contribution in [0.15, 0.2) is 46.6 Å². The van der Waals surface area contributed by atoms with E-state index in [4.69, 9.17) is 0 Å². The van der Waals surface area contributed by atoms with Crippen LogP contribution in [0.4, 0.5) is 11.4 Å². The lowest BCUT2D eigenvalue weighted by atomic mass is 9.98. The Labute approximate surface area is 126 Å². The van der Waals surface area contributed by atoms with E-state index in [0.29, 0.717) is 11.6 Å². The molecule has 0 aliphatic rings. The summed E-state index contributed by atoms with van der Waals surface area (Å²) >= 11 is 0. The Morgan fingerprint density at radius 3 is 2.43 bits per heavy atom. The third kappa shape index (κ3) is 3.69. The van der Waals surface area contributed by atoms with Crippen molar-refractivity contribution < 1.29 is 5.11 Å². The van der Waals surface area contributed by atoms with E-state index in [2.05, 4.69) is 37.9 Å². The maximum Gasteiger partial charge on any atom is 0.143 e. The summed E-state index contributed by atoms with van der Waals surface area (Å²) in [5.74, 6) is 0.607. The lowest BCUT2D eigenvalue weighted by molar-refractivity contribution is 0.476. The molecule has 0 aliphatic carbocycles. The predicted molar refractivity (Wildman–Crippen MR) is 86.9 cm³/mol. The van der Waals surface area contributed by atoms with Crippen LogP contribution in [0.25, 0.3) is 0 Å². The van der Waals surface area contributed by atoms with E-state index in [9.17, 15) is 5.11 Å². The van der Waals surface area contributed by atoms with Crippen LogP contribution in [-0.2, 0) is 0 Å². The van der Waals surface area contributed by atoms with Gasteiger partial charge in [0.15, 0.2) is 0 Å². The van der Waals surface area contributed by atoms with Crippen molar-refractivity contribution >= 4 is 11.4 Å². The van der Waals surface area contributed by atoms with Crippen molar-refractivity contribution in [2.24, 2.45) is 10.2 Å². The number of aromatic hydroxyl groups is 1. The van der Waals surface area contributed by atoms with Gasteiger partial charge in [0.1, 0.15) is 11.4 Å². The van der Waals surface area contributed by atoms with Crippen LogP contribution < -0.4 is 0 Å². The second-order valence-corrected chi connectivity index (χ2v) is 5.53. The van der Waals surface area contributed by atoms with Gasteiger partial charge in [-0.2, -0.15) is 5.11 Å². The summed E-state index contributed by atoms with van der Waals surface area (Å²) in [4.78, 5) is 0. The van der Waals surface area contributed by atoms with Crippen molar-refractivity contribution in [1.29, 1.82) is 0 Å². The maximum absolute atomic E-state index is 9.91. The molecule has 3 nitrogen and oxygen atoms in total. The summed E-state index contributed by atoms with van der Waals surface area (Å²) < 4.78 is 0. The first-order valence-corrected chi connectivity index (χ1v) is 7.33. The third-order valence-corrected chi connectivity index (χ3v) is 3.94. The molecule has 2 aromatic rings. The Balaban J connectivity index is 2.29. The van der Waals surface area contributed by atoms with Crippen LogP contribution in [0.2, 0.25) is 0 Å². The average Bonchev–Trinajstić information content (AvgIpc) is 2.49. The molecule has 2 aromatic carbocycles. The van der Waals surface area contributed by atoms with Gasteiger partial charge in [-0.05, 0) is 67.1 Å². The molecule has 0 aromatic heterocycles. The molecule has 21 heavy (non-hydrogen) atoms. The molecule has 0 amide bonds. The molecular weight excluding hydrogens is 260 g/mol. The zero-order valence-corrected chi connectivity index (χ0v) is 13.1. The van der Waals surface area contributed by atoms with E-state index in [1.807, 2.05) is 30.3 Å². The summed E-state index contributed by atoms with van der Waals surface area (Å²) in [5, 5.41) is 18.3. The number of benzene rings is 2. The monoisotopic (exact) mass is 282 g/mol. The molecule has 0 aliphatic heterocycles. The van der Waals surface area contributed by atoms with Crippen LogP contribution in [0.5, 0.6) is 5.75 Å². The molecule has 0 heterocycles. The van der Waals surface area contributed by atoms with Crippen LogP contribution in [0.3, 0.4) is 0 Å². The first-order chi connectivity index (χ1) is 10.0. The number of hydrogen-bond acceptors (Lipinski definition) is 3. The minimum absolute atomic E-state index is 0.162. The SMILES string of the molecule is CCC(C)c1ccc(O)c(N=Nc2ccc(C)c(C)c2)c1. The van der Waals surface area contributed by atoms with Crippen molar-refractivity contribution in [3.05, 3.63) is 53.1 Å². The molecule has 0 fully saturated rings. The van der Waals surface area contributed by atoms with Gasteiger partial charge in [0.25, 0.3) is 0 Å². The second kappa shape index (κ2) is 6.53. The van der Waals surface area contributed by atoms with E-state index in [-0.39, 0.29) is 5.75 Å². The number of hydrogen-bond donors (Lipinski definition) is 1. The summed E-state index contributed by atoms with van der Waals surface area (Å²) in [6.45, 7) is 8.43. The molecule has 2 rings (SSSR count). The molecular formula is C18H22N2O. The van der Waals surface area contributed by atoms with Crippen LogP contribution in [-0.4, -0.2) is 5.11 Å². The largest absolute Gasteiger partial charge is 0.506 e. The van der Waals surface area contributed by atoms with E-state index in [0.717, 1.165) is 12.1 Å². The first kappa shape index (κ1) is 15.2. The molecule has 0 spiro atoms. The molecule has 1 unspecified atom stereocenters. The van der Waals surface area contributed by atoms with Crippen molar-refractivity contribution in [3.8, 4) is 5.75 Å². The van der Waals surface area contributed by atoms with Crippen LogP contribution >= 0.6 is 0 Å². The Bertz CT molecular complexity index is 662. The normalized spacial score (nSPS) is 12.8. The molecule has 0 saturated carbocycles. The Hall–Kier alpha value is -2.16. The second-order valence-electron chi connectivity index (χ2n) is 5.53. The Kier molecular flexibility index (Phi) is 4.73. The van der Waals surface area contributed by atoms with Crippen LogP contribution in [0.1, 0.15) is 42.9 Å². The summed E-state index contributed by atoms with van der Waals surface area (Å²) in [5.41, 5.74) is 4.90. The molecule has 1 N–H and O–H groups in total. The van der Waals surface area contributed by atoms with Gasteiger partial charge in [0.2, 0.25) is 0 Å². The number of phenolic OH excluding ortho intramolecular Hbond substituents is 1. The zero-order valence-electron chi connectivity index (χ0n) is 13.1. The number of rotatable bonds is 4. The van der Waals surface area contributed by atoms with Gasteiger partial charge in [0, 0.05) is 0 Å². The minimum atomic E-state index is 0.162. The average molecular weight is 282 g/mol. The highest BCUT2D eigenvalue weighted by atomic mass is 16.3. The highest BCUT2D eigenvalue weighted by molar-refractivity contribution is 5.53. The molecule has 0 saturated heterocycles. The third-order valence-electron chi connectivity index (χ3n) is 3.94. The highest BCUT2D eigenvalue weighted by Gasteiger charge is 2.07. The molecule has 3 heteroatoms. The van der Waals surface area contributed by atoms with Gasteiger partial charge >= 0.3 is 0 Å². The number of phenols is 1. The minimum Gasteiger partial charge on any atom is -0.506 e. The lowest BCUT2D eigenvalue weighted by Crippen LogP contribution is -1.90. The van der Waals surface area contributed by atoms with E-state index in [1.54, 1.807) is 6.07 Å². The van der Waals surface area contributed by atoms with Crippen molar-refractivity contribution in [2.45, 2.75) is 40.0 Å². The van der Waals surface area contributed by atoms with Crippen molar-refractivity contribution in [3.63, 3.8) is 0 Å². The van der Waals surface area contributed by atoms with Gasteiger partial charge in [-0.25, -0.2) is 0 Å². The van der Waals surface area contributed by atoms with E-state index < -0.39 is 0 Å². The first-order valence-electron chi connectivity index (χ1n) is 7.33. The van der Waals surface area contributed by atoms with E-state index in [1.165, 1.54) is 16.7 Å². The topological polar surface area (TPSA) is 45.0 Å². The van der Waals surface area contributed by atoms with Gasteiger partial charge in [-0.15, -0.1) is 5.11 Å². The summed E-state index contributed by atoms with van der Waals surface area (Å²) in [6, 6.07) is 11.5. The molecule has 0 bridgehead atoms. The number of nitrogens with zero attached hydrogens (tertiary/aromatic N) is 2. The number of aryl methyl sites for hydroxylation is 2. The van der Waals surface area contributed by atoms with Crippen molar-refractivity contribution in [1.82, 2.24) is 0 Å². The summed E-state index contributed by atoms with van der Waals surface area (Å²) in [6.07, 6.45) is 1.05. The van der Waals surface area contributed by atoms with E-state index >= 15 is 0 Å². The Morgan fingerprint density at radius 1 is 1.00 bits per heavy atom. The van der Waals surface area contributed by atoms with Gasteiger partial charge in [-0.3, -0.25) is 0 Å². The Morgan fingerprint density at radius 2 is 1.76 bits per heavy atom. The standard InChI is InChI=1S/C18H22N2O/c1-5-12(2)15-7-9-18(21)17(11-15)20-19-16-8-6-13(3)14(4)10-16/h6-12,21H,5H2,1-4H3. The fraction of sp³-hybridized carbons (Fsp3) is 0.333. The fourth-order valence-electron chi connectivity index (χ4n) is 2.06. The van der Waals surface area contributed by atoms with Crippen LogP contribution in [0, 0.1) is 13.8 Å². The highest BCUT2D eigenvalue weighted by Crippen LogP contribution is 2.32. The summed E-state index contributed by atoms with van der Waals surface area (Å²) in [7, 11) is 0. The van der Waals surface area contributed by atoms with Gasteiger partial charge in [0.05, 0.1) is 5.69 Å².